The van der Waals surface area contributed by atoms with Gasteiger partial charge in [-0.05, 0) is 38.8 Å². The number of hydrogen-bond acceptors (Lipinski definition) is 6. The van der Waals surface area contributed by atoms with Gasteiger partial charge in [0.2, 0.25) is 11.8 Å². The lowest BCUT2D eigenvalue weighted by Gasteiger charge is -2.32. The Morgan fingerprint density at radius 2 is 1.80 bits per heavy atom. The molecule has 3 amide bonds. The van der Waals surface area contributed by atoms with Gasteiger partial charge in [0.25, 0.3) is 0 Å². The zero-order valence-corrected chi connectivity index (χ0v) is 21.3. The third-order valence-corrected chi connectivity index (χ3v) is 5.29. The van der Waals surface area contributed by atoms with E-state index < -0.39 is 35.6 Å². The summed E-state index contributed by atoms with van der Waals surface area (Å²) in [6.07, 6.45) is -0.789. The maximum Gasteiger partial charge on any atom is 0.408 e. The van der Waals surface area contributed by atoms with Crippen LogP contribution >= 0.6 is 12.6 Å². The number of ether oxygens (including phenoxy) is 1. The number of aryl methyl sites for hydroxylation is 1. The molecule has 2 aromatic rings. The highest BCUT2D eigenvalue weighted by Crippen LogP contribution is 2.24. The van der Waals surface area contributed by atoms with Gasteiger partial charge in [-0.15, -0.1) is 0 Å². The lowest BCUT2D eigenvalue weighted by Crippen LogP contribution is -2.53. The average Bonchev–Trinajstić information content (AvgIpc) is 2.80. The zero-order chi connectivity index (χ0) is 26.0. The molecule has 186 valence electrons. The number of amides is 3. The third-order valence-electron chi connectivity index (χ3n) is 4.92. The predicted molar refractivity (Wildman–Crippen MR) is 137 cm³/mol. The lowest BCUT2D eigenvalue weighted by atomic mass is 10.0. The molecule has 0 heterocycles. The molecule has 2 rings (SSSR count). The molecule has 2 N–H and O–H groups in total. The maximum absolute atomic E-state index is 13.5. The van der Waals surface area contributed by atoms with Crippen LogP contribution in [0.1, 0.15) is 43.5 Å². The molecule has 0 radical (unpaired) electrons. The Bertz CT molecular complexity index is 1060. The van der Waals surface area contributed by atoms with Crippen molar-refractivity contribution in [3.05, 3.63) is 71.3 Å². The summed E-state index contributed by atoms with van der Waals surface area (Å²) in [5, 5.41) is 14.9. The highest BCUT2D eigenvalue weighted by molar-refractivity contribution is 7.80. The van der Waals surface area contributed by atoms with E-state index in [9.17, 15) is 19.6 Å². The number of alkyl carbamates (subject to hydrolysis) is 1. The molecule has 0 saturated heterocycles. The van der Waals surface area contributed by atoms with E-state index in [0.717, 1.165) is 16.0 Å². The molecule has 35 heavy (non-hydrogen) atoms. The number of nitrogens with one attached hydrogen (secondary N) is 2. The van der Waals surface area contributed by atoms with Crippen LogP contribution in [-0.2, 0) is 20.9 Å². The summed E-state index contributed by atoms with van der Waals surface area (Å²) in [7, 11) is 0. The average molecular weight is 497 g/mol. The Kier molecular flexibility index (Phi) is 10.2. The van der Waals surface area contributed by atoms with E-state index in [1.54, 1.807) is 39.0 Å². The van der Waals surface area contributed by atoms with Gasteiger partial charge in [-0.3, -0.25) is 9.59 Å². The minimum atomic E-state index is -1.10. The molecule has 2 atom stereocenters. The number of hydrogen-bond donors (Lipinski definition) is 3. The molecule has 0 aliphatic carbocycles. The largest absolute Gasteiger partial charge is 0.444 e. The van der Waals surface area contributed by atoms with E-state index in [2.05, 4.69) is 23.3 Å². The summed E-state index contributed by atoms with van der Waals surface area (Å²) in [5.41, 5.74) is 1.57. The number of nitrogens with zero attached hydrogens (tertiary/aromatic N) is 2. The summed E-state index contributed by atoms with van der Waals surface area (Å²) in [4.78, 5) is 40.4. The Morgan fingerprint density at radius 3 is 2.37 bits per heavy atom. The van der Waals surface area contributed by atoms with Crippen LogP contribution in [0.25, 0.3) is 0 Å². The molecule has 0 aliphatic heterocycles. The first-order valence-corrected chi connectivity index (χ1v) is 11.8. The molecule has 0 aromatic heterocycles. The zero-order valence-electron chi connectivity index (χ0n) is 20.4. The second-order valence-electron chi connectivity index (χ2n) is 9.03. The molecule has 0 bridgehead atoms. The van der Waals surface area contributed by atoms with Crippen LogP contribution in [0, 0.1) is 18.3 Å². The molecular weight excluding hydrogens is 464 g/mol. The molecule has 0 fully saturated rings. The van der Waals surface area contributed by atoms with E-state index in [1.165, 1.54) is 0 Å². The number of rotatable bonds is 9. The fraction of sp³-hybridized carbons (Fsp3) is 0.385. The Labute approximate surface area is 212 Å². The van der Waals surface area contributed by atoms with E-state index in [1.807, 2.05) is 49.4 Å². The normalized spacial score (nSPS) is 12.6. The first-order valence-electron chi connectivity index (χ1n) is 11.2. The standard InChI is InChI=1S/C26H32N4O4S/c1-18-9-8-12-20(15-18)22(23(31)28-16-19-10-6-5-7-11-19)30(14-13-27)24(32)21(17-35)29-25(33)34-26(2,3)4/h5-12,15,21-22,35H,14,16-17H2,1-4H3,(H,28,31)(H,29,33). The summed E-state index contributed by atoms with van der Waals surface area (Å²) < 4.78 is 5.26. The fourth-order valence-electron chi connectivity index (χ4n) is 3.40. The number of benzene rings is 2. The van der Waals surface area contributed by atoms with E-state index in [-0.39, 0.29) is 18.8 Å². The number of carbonyl (C=O) groups is 3. The second-order valence-corrected chi connectivity index (χ2v) is 9.39. The Hall–Kier alpha value is -3.51. The Morgan fingerprint density at radius 1 is 1.11 bits per heavy atom. The van der Waals surface area contributed by atoms with Gasteiger partial charge in [0.05, 0.1) is 6.07 Å². The van der Waals surface area contributed by atoms with Gasteiger partial charge in [0, 0.05) is 12.3 Å². The first-order chi connectivity index (χ1) is 16.6. The summed E-state index contributed by atoms with van der Waals surface area (Å²) in [6, 6.07) is 16.3. The number of carbonyl (C=O) groups excluding carboxylic acids is 3. The third kappa shape index (κ3) is 8.65. The summed E-state index contributed by atoms with van der Waals surface area (Å²) in [5.74, 6) is -1.11. The maximum atomic E-state index is 13.5. The predicted octanol–water partition coefficient (Wildman–Crippen LogP) is 3.53. The van der Waals surface area contributed by atoms with Crippen molar-refractivity contribution >= 4 is 30.5 Å². The molecule has 2 unspecified atom stereocenters. The van der Waals surface area contributed by atoms with Crippen LogP contribution < -0.4 is 10.6 Å². The first kappa shape index (κ1) is 27.7. The summed E-state index contributed by atoms with van der Waals surface area (Å²) in [6.45, 7) is 6.88. The van der Waals surface area contributed by atoms with Crippen molar-refractivity contribution in [3.63, 3.8) is 0 Å². The monoisotopic (exact) mass is 496 g/mol. The molecule has 2 aromatic carbocycles. The van der Waals surface area contributed by atoms with Crippen molar-refractivity contribution in [1.82, 2.24) is 15.5 Å². The van der Waals surface area contributed by atoms with Gasteiger partial charge in [0.1, 0.15) is 24.2 Å². The van der Waals surface area contributed by atoms with Crippen LogP contribution in [0.15, 0.2) is 54.6 Å². The molecule has 9 heteroatoms. The van der Waals surface area contributed by atoms with Crippen molar-refractivity contribution in [2.75, 3.05) is 12.3 Å². The highest BCUT2D eigenvalue weighted by atomic mass is 32.1. The number of thiol groups is 1. The highest BCUT2D eigenvalue weighted by Gasteiger charge is 2.35. The van der Waals surface area contributed by atoms with E-state index >= 15 is 0 Å². The second kappa shape index (κ2) is 12.8. The van der Waals surface area contributed by atoms with Crippen LogP contribution in [0.5, 0.6) is 0 Å². The Balaban J connectivity index is 2.36. The fourth-order valence-corrected chi connectivity index (χ4v) is 3.65. The molecule has 0 aliphatic rings. The lowest BCUT2D eigenvalue weighted by molar-refractivity contribution is -0.141. The molecule has 0 saturated carbocycles. The van der Waals surface area contributed by atoms with Gasteiger partial charge in [-0.2, -0.15) is 17.9 Å². The smallest absolute Gasteiger partial charge is 0.408 e. The van der Waals surface area contributed by atoms with Gasteiger partial charge in [0.15, 0.2) is 0 Å². The SMILES string of the molecule is Cc1cccc(C(C(=O)NCc2ccccc2)N(CC#N)C(=O)C(CS)NC(=O)OC(C)(C)C)c1. The van der Waals surface area contributed by atoms with Crippen LogP contribution in [0.4, 0.5) is 4.79 Å². The molecular formula is C26H32N4O4S. The summed E-state index contributed by atoms with van der Waals surface area (Å²) >= 11 is 4.22. The topological polar surface area (TPSA) is 112 Å². The van der Waals surface area contributed by atoms with Crippen LogP contribution in [0.2, 0.25) is 0 Å². The number of nitriles is 1. The van der Waals surface area contributed by atoms with Crippen LogP contribution in [-0.4, -0.2) is 46.7 Å². The van der Waals surface area contributed by atoms with Gasteiger partial charge in [-0.1, -0.05) is 60.2 Å². The van der Waals surface area contributed by atoms with Crippen molar-refractivity contribution in [2.45, 2.75) is 51.9 Å². The quantitative estimate of drug-likeness (QED) is 0.363. The van der Waals surface area contributed by atoms with Crippen molar-refractivity contribution in [2.24, 2.45) is 0 Å². The van der Waals surface area contributed by atoms with Gasteiger partial charge < -0.3 is 20.3 Å². The van der Waals surface area contributed by atoms with Gasteiger partial charge >= 0.3 is 6.09 Å². The van der Waals surface area contributed by atoms with Crippen molar-refractivity contribution in [3.8, 4) is 6.07 Å². The minimum absolute atomic E-state index is 0.0494. The molecule has 8 nitrogen and oxygen atoms in total. The van der Waals surface area contributed by atoms with E-state index in [4.69, 9.17) is 4.74 Å². The van der Waals surface area contributed by atoms with Gasteiger partial charge in [-0.25, -0.2) is 4.79 Å². The minimum Gasteiger partial charge on any atom is -0.444 e. The molecule has 0 spiro atoms. The van der Waals surface area contributed by atoms with Crippen molar-refractivity contribution < 1.29 is 19.1 Å². The van der Waals surface area contributed by atoms with Crippen molar-refractivity contribution in [1.29, 1.82) is 5.26 Å². The van der Waals surface area contributed by atoms with E-state index in [0.29, 0.717) is 5.56 Å². The van der Waals surface area contributed by atoms with Crippen LogP contribution in [0.3, 0.4) is 0 Å².